The second-order valence-electron chi connectivity index (χ2n) is 2.75. The number of para-hydroxylation sites is 1. The highest BCUT2D eigenvalue weighted by Crippen LogP contribution is 2.07. The standard InChI is InChI=1S/C8H8O3.C3H4O2S/c9-8(10)6-11-7-4-2-1-3-5-7;1-2(6)3(4)5/h1-5H,6H2,(H,9,10);6H,1H2,(H,4,5). The van der Waals surface area contributed by atoms with Gasteiger partial charge in [0.25, 0.3) is 0 Å². The van der Waals surface area contributed by atoms with Crippen LogP contribution in [0.25, 0.3) is 0 Å². The van der Waals surface area contributed by atoms with Gasteiger partial charge < -0.3 is 14.9 Å². The Hall–Kier alpha value is -1.95. The minimum Gasteiger partial charge on any atom is -0.482 e. The summed E-state index contributed by atoms with van der Waals surface area (Å²) in [6, 6.07) is 8.84. The Bertz CT molecular complexity index is 376. The summed E-state index contributed by atoms with van der Waals surface area (Å²) in [6.07, 6.45) is 0. The molecule has 0 amide bonds. The molecule has 0 aliphatic carbocycles. The molecule has 1 rings (SSSR count). The number of rotatable bonds is 4. The molecule has 2 N–H and O–H groups in total. The van der Waals surface area contributed by atoms with Crippen LogP contribution in [-0.4, -0.2) is 28.8 Å². The van der Waals surface area contributed by atoms with Crippen molar-refractivity contribution in [1.82, 2.24) is 0 Å². The summed E-state index contributed by atoms with van der Waals surface area (Å²) in [5.41, 5.74) is 0. The number of hydrogen-bond acceptors (Lipinski definition) is 4. The molecule has 0 fully saturated rings. The van der Waals surface area contributed by atoms with Crippen LogP contribution in [0.3, 0.4) is 0 Å². The summed E-state index contributed by atoms with van der Waals surface area (Å²) in [5.74, 6) is -1.46. The molecule has 0 aliphatic heterocycles. The summed E-state index contributed by atoms with van der Waals surface area (Å²) >= 11 is 3.40. The molecule has 0 bridgehead atoms. The van der Waals surface area contributed by atoms with Crippen molar-refractivity contribution < 1.29 is 24.5 Å². The van der Waals surface area contributed by atoms with E-state index in [1.165, 1.54) is 0 Å². The summed E-state index contributed by atoms with van der Waals surface area (Å²) < 4.78 is 4.87. The third-order valence-corrected chi connectivity index (χ3v) is 1.54. The lowest BCUT2D eigenvalue weighted by molar-refractivity contribution is -0.139. The van der Waals surface area contributed by atoms with E-state index in [1.807, 2.05) is 6.07 Å². The van der Waals surface area contributed by atoms with E-state index < -0.39 is 11.9 Å². The third kappa shape index (κ3) is 9.01. The fraction of sp³-hybridized carbons (Fsp3) is 0.0909. The first-order valence-corrected chi connectivity index (χ1v) is 4.89. The van der Waals surface area contributed by atoms with Crippen LogP contribution in [0.4, 0.5) is 0 Å². The van der Waals surface area contributed by atoms with E-state index in [9.17, 15) is 9.59 Å². The number of ether oxygens (including phenoxy) is 1. The maximum absolute atomic E-state index is 10.0. The highest BCUT2D eigenvalue weighted by atomic mass is 32.1. The van der Waals surface area contributed by atoms with Gasteiger partial charge in [-0.15, -0.1) is 12.6 Å². The number of carboxylic acids is 2. The fourth-order valence-electron chi connectivity index (χ4n) is 0.662. The van der Waals surface area contributed by atoms with Gasteiger partial charge in [-0.2, -0.15) is 0 Å². The topological polar surface area (TPSA) is 83.8 Å². The smallest absolute Gasteiger partial charge is 0.341 e. The van der Waals surface area contributed by atoms with Gasteiger partial charge in [-0.25, -0.2) is 9.59 Å². The highest BCUT2D eigenvalue weighted by molar-refractivity contribution is 7.85. The maximum atomic E-state index is 10.0. The van der Waals surface area contributed by atoms with Crippen LogP contribution in [0, 0.1) is 0 Å². The zero-order valence-electron chi connectivity index (χ0n) is 8.87. The van der Waals surface area contributed by atoms with E-state index in [4.69, 9.17) is 14.9 Å². The number of benzene rings is 1. The molecule has 6 heteroatoms. The Morgan fingerprint density at radius 1 is 1.24 bits per heavy atom. The number of hydrogen-bond donors (Lipinski definition) is 3. The molecule has 0 saturated heterocycles. The molecule has 0 aromatic heterocycles. The van der Waals surface area contributed by atoms with Crippen LogP contribution in [0.2, 0.25) is 0 Å². The molecule has 0 heterocycles. The first-order valence-electron chi connectivity index (χ1n) is 4.44. The molecule has 1 aromatic carbocycles. The van der Waals surface area contributed by atoms with Crippen LogP contribution < -0.4 is 4.74 Å². The predicted octanol–water partition coefficient (Wildman–Crippen LogP) is 1.66. The normalized spacial score (nSPS) is 8.53. The molecule has 0 radical (unpaired) electrons. The Kier molecular flexibility index (Phi) is 7.29. The number of thiol groups is 1. The average Bonchev–Trinajstić information content (AvgIpc) is 2.28. The molecule has 0 atom stereocenters. The summed E-state index contributed by atoms with van der Waals surface area (Å²) in [6.45, 7) is 2.73. The van der Waals surface area contributed by atoms with Gasteiger partial charge in [-0.05, 0) is 12.1 Å². The third-order valence-electron chi connectivity index (χ3n) is 1.35. The summed E-state index contributed by atoms with van der Waals surface area (Å²) in [5, 5.41) is 16.1. The van der Waals surface area contributed by atoms with Gasteiger partial charge in [0.05, 0.1) is 4.91 Å². The lowest BCUT2D eigenvalue weighted by atomic mass is 10.3. The molecule has 0 spiro atoms. The second kappa shape index (κ2) is 8.23. The van der Waals surface area contributed by atoms with Gasteiger partial charge in [0, 0.05) is 0 Å². The number of carboxylic acid groups (broad SMARTS) is 2. The maximum Gasteiger partial charge on any atom is 0.341 e. The van der Waals surface area contributed by atoms with Crippen molar-refractivity contribution in [2.24, 2.45) is 0 Å². The van der Waals surface area contributed by atoms with E-state index >= 15 is 0 Å². The van der Waals surface area contributed by atoms with Crippen molar-refractivity contribution in [1.29, 1.82) is 0 Å². The van der Waals surface area contributed by atoms with E-state index in [1.54, 1.807) is 24.3 Å². The molecule has 92 valence electrons. The van der Waals surface area contributed by atoms with E-state index in [-0.39, 0.29) is 11.5 Å². The summed E-state index contributed by atoms with van der Waals surface area (Å²) in [7, 11) is 0. The zero-order chi connectivity index (χ0) is 13.3. The summed E-state index contributed by atoms with van der Waals surface area (Å²) in [4.78, 5) is 19.4. The van der Waals surface area contributed by atoms with Gasteiger partial charge >= 0.3 is 11.9 Å². The van der Waals surface area contributed by atoms with Crippen molar-refractivity contribution in [2.45, 2.75) is 0 Å². The Morgan fingerprint density at radius 3 is 2.06 bits per heavy atom. The van der Waals surface area contributed by atoms with E-state index in [2.05, 4.69) is 19.2 Å². The Labute approximate surface area is 104 Å². The van der Waals surface area contributed by atoms with E-state index in [0.29, 0.717) is 5.75 Å². The SMILES string of the molecule is C=C(S)C(=O)O.O=C(O)COc1ccccc1. The van der Waals surface area contributed by atoms with Crippen LogP contribution in [0.1, 0.15) is 0 Å². The van der Waals surface area contributed by atoms with E-state index in [0.717, 1.165) is 0 Å². The van der Waals surface area contributed by atoms with Crippen molar-refractivity contribution in [2.75, 3.05) is 6.61 Å². The van der Waals surface area contributed by atoms with Gasteiger partial charge in [0.2, 0.25) is 0 Å². The van der Waals surface area contributed by atoms with Crippen molar-refractivity contribution in [3.8, 4) is 5.75 Å². The molecule has 1 aromatic rings. The van der Waals surface area contributed by atoms with Crippen LogP contribution in [0.15, 0.2) is 41.8 Å². The number of carbonyl (C=O) groups is 2. The minimum atomic E-state index is -1.07. The molecule has 0 unspecified atom stereocenters. The average molecular weight is 256 g/mol. The van der Waals surface area contributed by atoms with Crippen molar-refractivity contribution in [3.63, 3.8) is 0 Å². The lowest BCUT2D eigenvalue weighted by Crippen LogP contribution is -2.09. The predicted molar refractivity (Wildman–Crippen MR) is 65.3 cm³/mol. The minimum absolute atomic E-state index is 0.130. The monoisotopic (exact) mass is 256 g/mol. The van der Waals surface area contributed by atoms with Crippen molar-refractivity contribution in [3.05, 3.63) is 41.8 Å². The van der Waals surface area contributed by atoms with Gasteiger partial charge in [-0.3, -0.25) is 0 Å². The van der Waals surface area contributed by atoms with Crippen LogP contribution in [-0.2, 0) is 9.59 Å². The van der Waals surface area contributed by atoms with Gasteiger partial charge in [0.1, 0.15) is 5.75 Å². The second-order valence-corrected chi connectivity index (χ2v) is 3.29. The largest absolute Gasteiger partial charge is 0.482 e. The first kappa shape index (κ1) is 15.0. The molecule has 5 nitrogen and oxygen atoms in total. The zero-order valence-corrected chi connectivity index (χ0v) is 9.76. The highest BCUT2D eigenvalue weighted by Gasteiger charge is 1.96. The van der Waals surface area contributed by atoms with Crippen LogP contribution in [0.5, 0.6) is 5.75 Å². The Morgan fingerprint density at radius 2 is 1.71 bits per heavy atom. The van der Waals surface area contributed by atoms with Crippen molar-refractivity contribution >= 4 is 24.6 Å². The molecule has 0 aliphatic rings. The van der Waals surface area contributed by atoms with Gasteiger partial charge in [0.15, 0.2) is 6.61 Å². The molecule has 17 heavy (non-hydrogen) atoms. The molecular formula is C11H12O5S. The number of aliphatic carboxylic acids is 2. The first-order chi connectivity index (χ1) is 7.93. The van der Waals surface area contributed by atoms with Crippen LogP contribution >= 0.6 is 12.6 Å². The fourth-order valence-corrected chi connectivity index (χ4v) is 0.662. The van der Waals surface area contributed by atoms with Gasteiger partial charge in [-0.1, -0.05) is 24.8 Å². The molecule has 0 saturated carbocycles. The Balaban J connectivity index is 0.000000366. The quantitative estimate of drug-likeness (QED) is 0.563. The molecular weight excluding hydrogens is 244 g/mol. The lowest BCUT2D eigenvalue weighted by Gasteiger charge is -2.00.